The number of aliphatic imine (C=N–C) groups is 2. The largest absolute Gasteiger partial charge is 0.480 e. The number of carboxylic acid groups (broad SMARTS) is 1. The Labute approximate surface area is 590 Å². The third kappa shape index (κ3) is 26.8. The van der Waals surface area contributed by atoms with Crippen molar-refractivity contribution in [2.75, 3.05) is 39.3 Å². The first-order valence-corrected chi connectivity index (χ1v) is 33.3. The first-order valence-electron chi connectivity index (χ1n) is 32.9. The summed E-state index contributed by atoms with van der Waals surface area (Å²) in [6, 6.07) is -2.64. The van der Waals surface area contributed by atoms with Crippen LogP contribution in [0.3, 0.4) is 0 Å². The summed E-state index contributed by atoms with van der Waals surface area (Å²) in [4.78, 5) is 210. The number of H-pyrrole nitrogens is 1. The highest BCUT2D eigenvalue weighted by atomic mass is 35.5. The number of hydrogen-bond donors (Lipinski definition) is 18. The van der Waals surface area contributed by atoms with Gasteiger partial charge in [0.2, 0.25) is 76.8 Å². The van der Waals surface area contributed by atoms with Crippen LogP contribution >= 0.6 is 11.6 Å². The molecule has 2 aliphatic rings. The molecule has 23 N–H and O–H groups in total. The van der Waals surface area contributed by atoms with Gasteiger partial charge in [-0.2, -0.15) is 0 Å². The molecule has 0 radical (unpaired) electrons. The molecular formula is C63H90ClN23O15. The minimum Gasteiger partial charge on any atom is -0.480 e. The van der Waals surface area contributed by atoms with Gasteiger partial charge in [0.25, 0.3) is 0 Å². The number of aromatic amines is 1. The number of carbonyl (C=O) groups excluding carboxylic acids is 13. The SMILES string of the molecule is CC(=O)N[C@H]1CCC(=O)NCC(=O)NCC[C@@H](C(=O)N[C@H](CCCN=C(N)N)C(=O)N[C@@H](CC(C)C)C(=O)N[C@@H](CCCN=C(N)N)C(=O)N2CCC[C@H]2C(=O)N[C@@H](CN)C(=O)O)NC(=O)[C@H](CC(=O)N=[N+]=[N-])NC(=O)[C@@H](Cc2c[nH]c3ccccc23)NC(=O)[C@@H](Cc2ccc(Cl)cc2)NC1=O. The number of likely N-dealkylation sites (tertiary alicyclic amines) is 1. The molecule has 0 bridgehead atoms. The highest BCUT2D eigenvalue weighted by molar-refractivity contribution is 6.30. The van der Waals surface area contributed by atoms with Gasteiger partial charge in [-0.3, -0.25) is 72.3 Å². The first-order chi connectivity index (χ1) is 48.5. The van der Waals surface area contributed by atoms with Crippen molar-refractivity contribution in [3.63, 3.8) is 0 Å². The molecule has 5 rings (SSSR count). The first kappa shape index (κ1) is 81.5. The Morgan fingerprint density at radius 1 is 0.706 bits per heavy atom. The minimum atomic E-state index is -2.05. The summed E-state index contributed by atoms with van der Waals surface area (Å²) in [7, 11) is 0. The van der Waals surface area contributed by atoms with Gasteiger partial charge < -0.3 is 102 Å². The maximum absolute atomic E-state index is 15.0. The molecule has 0 aliphatic carbocycles. The van der Waals surface area contributed by atoms with Gasteiger partial charge in [-0.15, -0.1) is 0 Å². The Kier molecular flexibility index (Phi) is 32.6. The van der Waals surface area contributed by atoms with E-state index in [1.165, 1.54) is 17.0 Å². The van der Waals surface area contributed by atoms with Gasteiger partial charge >= 0.3 is 5.97 Å². The van der Waals surface area contributed by atoms with Crippen LogP contribution < -0.4 is 87.2 Å². The molecule has 2 saturated heterocycles. The number of rotatable bonds is 28. The predicted molar refractivity (Wildman–Crippen MR) is 370 cm³/mol. The van der Waals surface area contributed by atoms with E-state index in [9.17, 15) is 73.0 Å². The number of halogens is 1. The molecule has 38 nitrogen and oxygen atoms in total. The molecule has 554 valence electrons. The Hall–Kier alpha value is -11.1. The van der Waals surface area contributed by atoms with Crippen molar-refractivity contribution in [1.29, 1.82) is 0 Å². The second kappa shape index (κ2) is 40.8. The molecule has 3 aromatic rings. The van der Waals surface area contributed by atoms with E-state index in [-0.39, 0.29) is 95.3 Å². The molecule has 102 heavy (non-hydrogen) atoms. The van der Waals surface area contributed by atoms with E-state index in [0.717, 1.165) is 6.92 Å². The standard InChI is InChI=1S/C63H90ClN23O15/c1-32(2)25-43(55(95)79-42(12-7-22-73-63(68)69)60(100)87-24-8-13-48(87)59(99)84-47(29-65)61(101)102)80-52(92)39(11-6-21-72-62(66)67)77-54(94)41-20-23-71-51(91)31-75-49(89)19-18-40(76-33(3)88)53(93)81-44(26-34-14-16-36(64)17-15-34)56(96)82-45(27-35-30-74-38-10-5-4-9-37(35)38)57(97)83-46(58(98)78-41)28-50(90)85-86-70/h4-5,9-10,14-17,30,32,39-48,74H,6-8,11-13,18-29,31,65H2,1-3H3,(H,71,91)(H,75,89)(H,76,88)(H,77,94)(H,78,98)(H,79,95)(H,80,92)(H,81,93)(H,82,96)(H,83,97)(H,84,99)(H,101,102)(H4,66,67,72)(H4,68,69,73)/t39-,40+,41+,42+,43+,44-,45-,46+,47+,48+/m1/s1. The summed E-state index contributed by atoms with van der Waals surface area (Å²) in [6.45, 7) is 2.86. The molecule has 2 aromatic carbocycles. The van der Waals surface area contributed by atoms with Gasteiger partial charge in [0, 0.05) is 92.4 Å². The summed E-state index contributed by atoms with van der Waals surface area (Å²) >= 11 is 6.18. The van der Waals surface area contributed by atoms with Gasteiger partial charge in [0.05, 0.1) is 6.54 Å². The van der Waals surface area contributed by atoms with Crippen LogP contribution in [0.5, 0.6) is 0 Å². The van der Waals surface area contributed by atoms with Crippen molar-refractivity contribution in [3.8, 4) is 0 Å². The Morgan fingerprint density at radius 3 is 1.93 bits per heavy atom. The molecule has 10 atom stereocenters. The number of aromatic nitrogens is 1. The van der Waals surface area contributed by atoms with E-state index in [1.807, 2.05) is 0 Å². The number of fused-ring (bicyclic) bond motifs is 1. The summed E-state index contributed by atoms with van der Waals surface area (Å²) in [6.07, 6.45) is -1.41. The van der Waals surface area contributed by atoms with Crippen molar-refractivity contribution >= 4 is 117 Å². The number of carbonyl (C=O) groups is 14. The van der Waals surface area contributed by atoms with Crippen molar-refractivity contribution < 1.29 is 72.2 Å². The summed E-state index contributed by atoms with van der Waals surface area (Å²) in [5, 5.41) is 41.4. The van der Waals surface area contributed by atoms with Gasteiger partial charge in [-0.25, -0.2) is 4.79 Å². The van der Waals surface area contributed by atoms with Crippen LogP contribution in [0.2, 0.25) is 5.02 Å². The Bertz CT molecular complexity index is 3630. The number of para-hydroxylation sites is 1. The second-order valence-electron chi connectivity index (χ2n) is 24.7. The zero-order chi connectivity index (χ0) is 75.2. The quantitative estimate of drug-likeness (QED) is 0.00819. The van der Waals surface area contributed by atoms with Crippen molar-refractivity contribution in [2.24, 2.45) is 49.7 Å². The zero-order valence-electron chi connectivity index (χ0n) is 56.6. The third-order valence-corrected chi connectivity index (χ3v) is 16.5. The van der Waals surface area contributed by atoms with Crippen molar-refractivity contribution in [1.82, 2.24) is 68.4 Å². The monoisotopic (exact) mass is 1440 g/mol. The van der Waals surface area contributed by atoms with E-state index >= 15 is 4.79 Å². The number of benzene rings is 2. The van der Waals surface area contributed by atoms with Crippen molar-refractivity contribution in [2.45, 2.75) is 165 Å². The molecule has 0 unspecified atom stereocenters. The molecule has 13 amide bonds. The fourth-order valence-corrected chi connectivity index (χ4v) is 11.3. The van der Waals surface area contributed by atoms with Gasteiger partial charge in [0.15, 0.2) is 11.9 Å². The number of guanidine groups is 2. The fourth-order valence-electron chi connectivity index (χ4n) is 11.1. The highest BCUT2D eigenvalue weighted by Gasteiger charge is 2.41. The second-order valence-corrected chi connectivity index (χ2v) is 25.1. The lowest BCUT2D eigenvalue weighted by atomic mass is 10.0. The lowest BCUT2D eigenvalue weighted by Crippen LogP contribution is -2.61. The van der Waals surface area contributed by atoms with Crippen LogP contribution in [0.15, 0.2) is 69.8 Å². The van der Waals surface area contributed by atoms with Crippen molar-refractivity contribution in [3.05, 3.63) is 81.3 Å². The molecule has 0 saturated carbocycles. The number of nitrogens with two attached hydrogens (primary N) is 5. The number of aliphatic carboxylic acids is 1. The number of hydrogen-bond acceptors (Lipinski definition) is 17. The minimum absolute atomic E-state index is 0.00245. The summed E-state index contributed by atoms with van der Waals surface area (Å²) < 4.78 is 0. The number of carboxylic acids is 1. The van der Waals surface area contributed by atoms with E-state index in [0.29, 0.717) is 33.5 Å². The van der Waals surface area contributed by atoms with E-state index < -0.39 is 182 Å². The highest BCUT2D eigenvalue weighted by Crippen LogP contribution is 2.23. The number of nitrogens with one attached hydrogen (secondary N) is 12. The molecule has 3 heterocycles. The molecular weight excluding hydrogens is 1350 g/mol. The smallest absolute Gasteiger partial charge is 0.327 e. The maximum Gasteiger partial charge on any atom is 0.327 e. The van der Waals surface area contributed by atoms with E-state index in [4.69, 9.17) is 40.3 Å². The van der Waals surface area contributed by atoms with Crippen LogP contribution in [0.4, 0.5) is 0 Å². The molecule has 2 aliphatic heterocycles. The molecule has 0 spiro atoms. The van der Waals surface area contributed by atoms with Gasteiger partial charge in [-0.1, -0.05) is 55.8 Å². The topological polar surface area (TPSA) is 614 Å². The zero-order valence-corrected chi connectivity index (χ0v) is 57.3. The normalized spacial score (nSPS) is 20.0. The fraction of sp³-hybridized carbons (Fsp3) is 0.524. The Balaban J connectivity index is 1.55. The van der Waals surface area contributed by atoms with Crippen LogP contribution in [0.25, 0.3) is 21.3 Å². The Morgan fingerprint density at radius 2 is 1.30 bits per heavy atom. The van der Waals surface area contributed by atoms with Gasteiger partial charge in [-0.05, 0) is 104 Å². The molecule has 39 heteroatoms. The van der Waals surface area contributed by atoms with Crippen LogP contribution in [-0.4, -0.2) is 209 Å². The number of nitrogens with zero attached hydrogens (tertiary/aromatic N) is 6. The van der Waals surface area contributed by atoms with Crippen LogP contribution in [0.1, 0.15) is 103 Å². The summed E-state index contributed by atoms with van der Waals surface area (Å²) in [5.41, 5.74) is 38.7. The molecule has 1 aromatic heterocycles. The average Bonchev–Trinajstić information content (AvgIpc) is 1.61. The molecule has 2 fully saturated rings. The van der Waals surface area contributed by atoms with Gasteiger partial charge in [0.1, 0.15) is 60.4 Å². The maximum atomic E-state index is 15.0. The summed E-state index contributed by atoms with van der Waals surface area (Å²) in [5.74, 6) is -14.9. The average molecular weight is 1450 g/mol. The number of amides is 13. The van der Waals surface area contributed by atoms with E-state index in [1.54, 1.807) is 56.4 Å². The lowest BCUT2D eigenvalue weighted by molar-refractivity contribution is -0.145. The predicted octanol–water partition coefficient (Wildman–Crippen LogP) is -4.18. The number of azide groups is 1. The van der Waals surface area contributed by atoms with Crippen LogP contribution in [-0.2, 0) is 80.0 Å². The third-order valence-electron chi connectivity index (χ3n) is 16.2. The lowest BCUT2D eigenvalue weighted by Gasteiger charge is -2.31. The van der Waals surface area contributed by atoms with Crippen LogP contribution in [0, 0.1) is 5.92 Å². The van der Waals surface area contributed by atoms with E-state index in [2.05, 4.69) is 83.5 Å².